The van der Waals surface area contributed by atoms with Gasteiger partial charge < -0.3 is 0 Å². The Bertz CT molecular complexity index is 152. The van der Waals surface area contributed by atoms with Crippen molar-refractivity contribution in [2.45, 2.75) is 0 Å². The minimum atomic E-state index is 1.17. The molecule has 1 nitrogen and oxygen atoms in total. The molecule has 1 heteroatoms. The Balaban J connectivity index is 2.66. The standard InChI is InChI=1S/C7H8N/c8-6-7-4-2-1-3-5-7/h1-6H,8H2/q+1/p+1. The first-order chi connectivity index (χ1) is 3.93. The number of hydrogen-bond acceptors (Lipinski definition) is 0. The number of rotatable bonds is 0. The minimum absolute atomic E-state index is 1.17. The van der Waals surface area contributed by atoms with Crippen molar-refractivity contribution >= 4 is 0 Å². The van der Waals surface area contributed by atoms with E-state index in [1.165, 1.54) is 5.57 Å². The van der Waals surface area contributed by atoms with E-state index in [4.69, 9.17) is 0 Å². The van der Waals surface area contributed by atoms with Gasteiger partial charge in [0.25, 0.3) is 0 Å². The highest BCUT2D eigenvalue weighted by Crippen LogP contribution is 2.05. The van der Waals surface area contributed by atoms with Crippen molar-refractivity contribution in [1.29, 1.82) is 0 Å². The molecule has 0 saturated heterocycles. The first kappa shape index (κ1) is 5.19. The highest BCUT2D eigenvalue weighted by Gasteiger charge is 2.00. The van der Waals surface area contributed by atoms with Crippen LogP contribution >= 0.6 is 0 Å². The second kappa shape index (κ2) is 2.38. The van der Waals surface area contributed by atoms with Gasteiger partial charge in [0, 0.05) is 30.7 Å². The predicted molar refractivity (Wildman–Crippen MR) is 33.6 cm³/mol. The lowest BCUT2D eigenvalue weighted by Gasteiger charge is -1.85. The molecule has 0 amide bonds. The molecule has 40 valence electrons. The molecule has 0 heterocycles. The van der Waals surface area contributed by atoms with Gasteiger partial charge in [0.15, 0.2) is 6.20 Å². The van der Waals surface area contributed by atoms with Gasteiger partial charge in [-0.3, -0.25) is 5.73 Å². The summed E-state index contributed by atoms with van der Waals surface area (Å²) in [6.45, 7) is 0. The molecule has 0 radical (unpaired) electrons. The normalized spacial score (nSPS) is 21.4. The molecule has 8 heavy (non-hydrogen) atoms. The number of hydrogen-bond donors (Lipinski definition) is 1. The van der Waals surface area contributed by atoms with Crippen LogP contribution < -0.4 is 5.73 Å². The smallest absolute Gasteiger partial charge is 0.172 e. The molecule has 0 aromatic rings. The summed E-state index contributed by atoms with van der Waals surface area (Å²) in [4.78, 5) is 0. The molecule has 0 spiro atoms. The summed E-state index contributed by atoms with van der Waals surface area (Å²) < 4.78 is 0. The Morgan fingerprint density at radius 3 is 2.75 bits per heavy atom. The number of quaternary nitrogens is 1. The van der Waals surface area contributed by atoms with Crippen molar-refractivity contribution in [1.82, 2.24) is 0 Å². The molecular weight excluding hydrogens is 98.1 g/mol. The third-order valence-corrected chi connectivity index (χ3v) is 1.04. The van der Waals surface area contributed by atoms with E-state index < -0.39 is 0 Å². The fraction of sp³-hybridized carbons (Fsp3) is 0. The van der Waals surface area contributed by atoms with E-state index in [9.17, 15) is 0 Å². The van der Waals surface area contributed by atoms with Gasteiger partial charge in [0.2, 0.25) is 0 Å². The van der Waals surface area contributed by atoms with Gasteiger partial charge in [-0.1, -0.05) is 0 Å². The molecule has 0 fully saturated rings. The monoisotopic (exact) mass is 107 g/mol. The van der Waals surface area contributed by atoms with Gasteiger partial charge >= 0.3 is 0 Å². The SMILES string of the molecule is [NH3+]C=C1C=CC=C[CH+]1. The molecule has 0 bridgehead atoms. The topological polar surface area (TPSA) is 27.6 Å². The highest BCUT2D eigenvalue weighted by atomic mass is 14.5. The molecule has 0 aromatic carbocycles. The molecular formula is C7H9N+2. The summed E-state index contributed by atoms with van der Waals surface area (Å²) in [5, 5.41) is 0. The molecule has 1 rings (SSSR count). The number of allylic oxidation sites excluding steroid dienone is 5. The fourth-order valence-electron chi connectivity index (χ4n) is 0.589. The Morgan fingerprint density at radius 2 is 2.38 bits per heavy atom. The third-order valence-electron chi connectivity index (χ3n) is 1.04. The van der Waals surface area contributed by atoms with E-state index in [1.807, 2.05) is 36.9 Å². The Labute approximate surface area is 49.2 Å². The largest absolute Gasteiger partial charge is 0.294 e. The van der Waals surface area contributed by atoms with Crippen LogP contribution in [-0.4, -0.2) is 0 Å². The summed E-state index contributed by atoms with van der Waals surface area (Å²) >= 11 is 0. The maximum absolute atomic E-state index is 3.63. The summed E-state index contributed by atoms with van der Waals surface area (Å²) in [5.41, 5.74) is 4.80. The van der Waals surface area contributed by atoms with Gasteiger partial charge in [-0.15, -0.1) is 0 Å². The van der Waals surface area contributed by atoms with Crippen LogP contribution in [0.25, 0.3) is 0 Å². The first-order valence-corrected chi connectivity index (χ1v) is 2.61. The molecule has 3 N–H and O–H groups in total. The van der Waals surface area contributed by atoms with Crippen LogP contribution in [0.1, 0.15) is 0 Å². The van der Waals surface area contributed by atoms with E-state index in [1.54, 1.807) is 0 Å². The Morgan fingerprint density at radius 1 is 1.50 bits per heavy atom. The van der Waals surface area contributed by atoms with Gasteiger partial charge in [-0.2, -0.15) is 0 Å². The van der Waals surface area contributed by atoms with Crippen LogP contribution in [0, 0.1) is 6.42 Å². The van der Waals surface area contributed by atoms with E-state index >= 15 is 0 Å². The third kappa shape index (κ3) is 1.01. The summed E-state index contributed by atoms with van der Waals surface area (Å²) in [7, 11) is 0. The lowest BCUT2D eigenvalue weighted by molar-refractivity contribution is -0.275. The van der Waals surface area contributed by atoms with E-state index in [-0.39, 0.29) is 0 Å². The Hall–Kier alpha value is -0.950. The molecule has 0 atom stereocenters. The molecule has 1 aliphatic carbocycles. The van der Waals surface area contributed by atoms with Gasteiger partial charge in [-0.05, 0) is 0 Å². The van der Waals surface area contributed by atoms with Crippen LogP contribution in [-0.2, 0) is 0 Å². The quantitative estimate of drug-likeness (QED) is 0.435. The van der Waals surface area contributed by atoms with Crippen molar-refractivity contribution in [2.24, 2.45) is 0 Å². The maximum Gasteiger partial charge on any atom is 0.172 e. The molecule has 1 aliphatic rings. The van der Waals surface area contributed by atoms with Crippen LogP contribution in [0.15, 0.2) is 36.1 Å². The van der Waals surface area contributed by atoms with Crippen molar-refractivity contribution in [3.05, 3.63) is 42.5 Å². The van der Waals surface area contributed by atoms with E-state index in [2.05, 4.69) is 5.73 Å². The Kier molecular flexibility index (Phi) is 1.55. The molecule has 0 aromatic heterocycles. The predicted octanol–water partition coefficient (Wildman–Crippen LogP) is 0.442. The minimum Gasteiger partial charge on any atom is -0.294 e. The van der Waals surface area contributed by atoms with Crippen LogP contribution in [0.2, 0.25) is 0 Å². The zero-order valence-corrected chi connectivity index (χ0v) is 4.67. The van der Waals surface area contributed by atoms with Crippen molar-refractivity contribution in [3.8, 4) is 0 Å². The van der Waals surface area contributed by atoms with Gasteiger partial charge in [0.05, 0.1) is 0 Å². The molecule has 0 saturated carbocycles. The lowest BCUT2D eigenvalue weighted by atomic mass is 10.1. The summed E-state index contributed by atoms with van der Waals surface area (Å²) in [6, 6.07) is 0. The lowest BCUT2D eigenvalue weighted by Crippen LogP contribution is -2.40. The molecule has 0 aliphatic heterocycles. The maximum atomic E-state index is 3.63. The molecule has 0 unspecified atom stereocenters. The van der Waals surface area contributed by atoms with Crippen molar-refractivity contribution in [3.63, 3.8) is 0 Å². The van der Waals surface area contributed by atoms with Gasteiger partial charge in [-0.25, -0.2) is 0 Å². The van der Waals surface area contributed by atoms with Crippen molar-refractivity contribution in [2.75, 3.05) is 0 Å². The average molecular weight is 107 g/mol. The van der Waals surface area contributed by atoms with Crippen LogP contribution in [0.3, 0.4) is 0 Å². The zero-order valence-electron chi connectivity index (χ0n) is 4.67. The van der Waals surface area contributed by atoms with Gasteiger partial charge in [0.1, 0.15) is 5.57 Å². The second-order valence-corrected chi connectivity index (χ2v) is 1.61. The van der Waals surface area contributed by atoms with E-state index in [0.717, 1.165) is 0 Å². The summed E-state index contributed by atoms with van der Waals surface area (Å²) in [6.07, 6.45) is 11.9. The van der Waals surface area contributed by atoms with E-state index in [0.29, 0.717) is 0 Å². The highest BCUT2D eigenvalue weighted by molar-refractivity contribution is 5.36. The first-order valence-electron chi connectivity index (χ1n) is 2.61. The fourth-order valence-corrected chi connectivity index (χ4v) is 0.589. The van der Waals surface area contributed by atoms with Crippen LogP contribution in [0.4, 0.5) is 0 Å². The summed E-state index contributed by atoms with van der Waals surface area (Å²) in [5.74, 6) is 0. The zero-order chi connectivity index (χ0) is 5.82. The average Bonchev–Trinajstić information content (AvgIpc) is 1.90. The second-order valence-electron chi connectivity index (χ2n) is 1.61. The van der Waals surface area contributed by atoms with Crippen LogP contribution in [0.5, 0.6) is 0 Å². The van der Waals surface area contributed by atoms with Crippen molar-refractivity contribution < 1.29 is 5.73 Å².